The van der Waals surface area contributed by atoms with Crippen molar-refractivity contribution in [3.05, 3.63) is 15.9 Å². The highest BCUT2D eigenvalue weighted by Gasteiger charge is 2.22. The lowest BCUT2D eigenvalue weighted by Crippen LogP contribution is -2.29. The number of aryl methyl sites for hydroxylation is 2. The molecular formula is C12H22BrN3. The third-order valence-corrected chi connectivity index (χ3v) is 3.72. The molecule has 1 N–H and O–H groups in total. The molecule has 0 saturated heterocycles. The maximum atomic E-state index is 4.52. The predicted octanol–water partition coefficient (Wildman–Crippen LogP) is 2.53. The molecular weight excluding hydrogens is 266 g/mol. The van der Waals surface area contributed by atoms with Crippen molar-refractivity contribution in [1.82, 2.24) is 15.1 Å². The van der Waals surface area contributed by atoms with Gasteiger partial charge in [0.25, 0.3) is 0 Å². The molecule has 0 bridgehead atoms. The van der Waals surface area contributed by atoms with Gasteiger partial charge in [0.15, 0.2) is 0 Å². The molecule has 1 aromatic rings. The number of halogens is 1. The van der Waals surface area contributed by atoms with Crippen LogP contribution < -0.4 is 5.32 Å². The summed E-state index contributed by atoms with van der Waals surface area (Å²) >= 11 is 3.66. The molecule has 1 rings (SSSR count). The van der Waals surface area contributed by atoms with Gasteiger partial charge in [-0.1, -0.05) is 20.8 Å². The molecule has 92 valence electrons. The van der Waals surface area contributed by atoms with Crippen molar-refractivity contribution in [2.75, 3.05) is 13.6 Å². The lowest BCUT2D eigenvalue weighted by Gasteiger charge is -2.24. The van der Waals surface area contributed by atoms with Gasteiger partial charge in [0.2, 0.25) is 0 Å². The van der Waals surface area contributed by atoms with E-state index in [4.69, 9.17) is 0 Å². The predicted molar refractivity (Wildman–Crippen MR) is 71.7 cm³/mol. The molecule has 0 saturated carbocycles. The maximum Gasteiger partial charge on any atom is 0.0766 e. The van der Waals surface area contributed by atoms with Gasteiger partial charge >= 0.3 is 0 Å². The first-order chi connectivity index (χ1) is 7.41. The first-order valence-electron chi connectivity index (χ1n) is 5.76. The van der Waals surface area contributed by atoms with Crippen molar-refractivity contribution in [3.8, 4) is 0 Å². The van der Waals surface area contributed by atoms with Crippen LogP contribution in [0, 0.1) is 5.41 Å². The molecule has 16 heavy (non-hydrogen) atoms. The number of nitrogens with zero attached hydrogens (tertiary/aromatic N) is 2. The number of rotatable bonds is 5. The van der Waals surface area contributed by atoms with Crippen LogP contribution in [0.1, 0.15) is 32.2 Å². The van der Waals surface area contributed by atoms with Crippen LogP contribution in [0.25, 0.3) is 0 Å². The monoisotopic (exact) mass is 287 g/mol. The van der Waals surface area contributed by atoms with E-state index in [1.165, 1.54) is 10.2 Å². The highest BCUT2D eigenvalue weighted by Crippen LogP contribution is 2.28. The van der Waals surface area contributed by atoms with Gasteiger partial charge in [-0.05, 0) is 41.2 Å². The molecule has 0 spiro atoms. The summed E-state index contributed by atoms with van der Waals surface area (Å²) in [5, 5.41) is 7.77. The Balaban J connectivity index is 2.92. The van der Waals surface area contributed by atoms with Gasteiger partial charge in [-0.2, -0.15) is 5.10 Å². The third-order valence-electron chi connectivity index (χ3n) is 2.80. The van der Waals surface area contributed by atoms with E-state index >= 15 is 0 Å². The highest BCUT2D eigenvalue weighted by atomic mass is 79.9. The summed E-state index contributed by atoms with van der Waals surface area (Å²) in [5.74, 6) is 0. The Bertz CT molecular complexity index is 355. The van der Waals surface area contributed by atoms with Crippen molar-refractivity contribution in [1.29, 1.82) is 0 Å². The second-order valence-corrected chi connectivity index (χ2v) is 5.85. The standard InChI is InChI=1S/C12H22BrN3/c1-6-9-11(13)10(16(5)15-9)7-12(2,3)8-14-4/h14H,6-8H2,1-5H3. The van der Waals surface area contributed by atoms with E-state index in [1.807, 2.05) is 18.8 Å². The van der Waals surface area contributed by atoms with Crippen LogP contribution in [0.4, 0.5) is 0 Å². The fourth-order valence-electron chi connectivity index (χ4n) is 2.01. The quantitative estimate of drug-likeness (QED) is 0.902. The molecule has 0 amide bonds. The average molecular weight is 288 g/mol. The minimum atomic E-state index is 0.246. The summed E-state index contributed by atoms with van der Waals surface area (Å²) in [4.78, 5) is 0. The normalized spacial score (nSPS) is 12.1. The van der Waals surface area contributed by atoms with Gasteiger partial charge in [0.05, 0.1) is 15.9 Å². The first-order valence-corrected chi connectivity index (χ1v) is 6.55. The molecule has 0 aliphatic carbocycles. The lowest BCUT2D eigenvalue weighted by atomic mass is 9.87. The van der Waals surface area contributed by atoms with E-state index < -0.39 is 0 Å². The Labute approximate surface area is 107 Å². The van der Waals surface area contributed by atoms with Gasteiger partial charge in [0, 0.05) is 13.6 Å². The van der Waals surface area contributed by atoms with Crippen molar-refractivity contribution >= 4 is 15.9 Å². The number of nitrogens with one attached hydrogen (secondary N) is 1. The second-order valence-electron chi connectivity index (χ2n) is 5.06. The molecule has 0 radical (unpaired) electrons. The first kappa shape index (κ1) is 13.7. The Morgan fingerprint density at radius 3 is 2.50 bits per heavy atom. The minimum Gasteiger partial charge on any atom is -0.319 e. The fourth-order valence-corrected chi connectivity index (χ4v) is 2.76. The van der Waals surface area contributed by atoms with Crippen LogP contribution in [0.2, 0.25) is 0 Å². The largest absolute Gasteiger partial charge is 0.319 e. The van der Waals surface area contributed by atoms with Gasteiger partial charge < -0.3 is 5.32 Å². The van der Waals surface area contributed by atoms with Crippen molar-refractivity contribution < 1.29 is 0 Å². The fraction of sp³-hybridized carbons (Fsp3) is 0.750. The topological polar surface area (TPSA) is 29.9 Å². The highest BCUT2D eigenvalue weighted by molar-refractivity contribution is 9.10. The molecule has 1 aromatic heterocycles. The lowest BCUT2D eigenvalue weighted by molar-refractivity contribution is 0.340. The summed E-state index contributed by atoms with van der Waals surface area (Å²) in [5.41, 5.74) is 2.69. The van der Waals surface area contributed by atoms with Crippen molar-refractivity contribution in [2.45, 2.75) is 33.6 Å². The van der Waals surface area contributed by atoms with Crippen LogP contribution in [-0.4, -0.2) is 23.4 Å². The third kappa shape index (κ3) is 3.08. The molecule has 0 aliphatic rings. The van der Waals surface area contributed by atoms with Gasteiger partial charge in [-0.3, -0.25) is 4.68 Å². The van der Waals surface area contributed by atoms with E-state index in [-0.39, 0.29) is 5.41 Å². The summed E-state index contributed by atoms with van der Waals surface area (Å²) in [7, 11) is 4.02. The molecule has 4 heteroatoms. The molecule has 0 aromatic carbocycles. The molecule has 0 aliphatic heterocycles. The van der Waals surface area contributed by atoms with Crippen LogP contribution >= 0.6 is 15.9 Å². The van der Waals surface area contributed by atoms with Crippen LogP contribution in [0.15, 0.2) is 4.47 Å². The Morgan fingerprint density at radius 2 is 2.06 bits per heavy atom. The Kier molecular flexibility index (Phi) is 4.56. The van der Waals surface area contributed by atoms with E-state index in [9.17, 15) is 0 Å². The number of hydrogen-bond donors (Lipinski definition) is 1. The van der Waals surface area contributed by atoms with E-state index in [0.717, 1.165) is 25.1 Å². The zero-order valence-corrected chi connectivity index (χ0v) is 12.5. The summed E-state index contributed by atoms with van der Waals surface area (Å²) in [6.07, 6.45) is 2.00. The molecule has 3 nitrogen and oxygen atoms in total. The van der Waals surface area contributed by atoms with E-state index in [1.54, 1.807) is 0 Å². The van der Waals surface area contributed by atoms with E-state index in [0.29, 0.717) is 0 Å². The second kappa shape index (κ2) is 5.32. The Hall–Kier alpha value is -0.350. The summed E-state index contributed by atoms with van der Waals surface area (Å²) in [6.45, 7) is 7.69. The van der Waals surface area contributed by atoms with Crippen LogP contribution in [-0.2, 0) is 19.9 Å². The SMILES string of the molecule is CCc1nn(C)c(CC(C)(C)CNC)c1Br. The molecule has 1 heterocycles. The van der Waals surface area contributed by atoms with Crippen molar-refractivity contribution in [2.24, 2.45) is 12.5 Å². The van der Waals surface area contributed by atoms with Gasteiger partial charge in [-0.15, -0.1) is 0 Å². The van der Waals surface area contributed by atoms with Gasteiger partial charge in [0.1, 0.15) is 0 Å². The zero-order chi connectivity index (χ0) is 12.3. The maximum absolute atomic E-state index is 4.52. The van der Waals surface area contributed by atoms with Crippen molar-refractivity contribution in [3.63, 3.8) is 0 Å². The van der Waals surface area contributed by atoms with Gasteiger partial charge in [-0.25, -0.2) is 0 Å². The van der Waals surface area contributed by atoms with E-state index in [2.05, 4.69) is 47.1 Å². The smallest absolute Gasteiger partial charge is 0.0766 e. The molecule has 0 fully saturated rings. The van der Waals surface area contributed by atoms with Crippen LogP contribution in [0.5, 0.6) is 0 Å². The minimum absolute atomic E-state index is 0.246. The zero-order valence-electron chi connectivity index (χ0n) is 10.9. The summed E-state index contributed by atoms with van der Waals surface area (Å²) in [6, 6.07) is 0. The Morgan fingerprint density at radius 1 is 1.44 bits per heavy atom. The average Bonchev–Trinajstić information content (AvgIpc) is 2.45. The molecule has 0 atom stereocenters. The number of hydrogen-bond acceptors (Lipinski definition) is 2. The molecule has 0 unspecified atom stereocenters. The van der Waals surface area contributed by atoms with Crippen LogP contribution in [0.3, 0.4) is 0 Å². The number of aromatic nitrogens is 2. The summed E-state index contributed by atoms with van der Waals surface area (Å²) < 4.78 is 3.18.